The fourth-order valence-electron chi connectivity index (χ4n) is 7.29. The Balaban J connectivity index is 1.11. The third kappa shape index (κ3) is 8.39. The normalized spacial score (nSPS) is 18.1. The Morgan fingerprint density at radius 2 is 1.55 bits per heavy atom. The fraction of sp³-hybridized carbons (Fsp3) is 0.390. The summed E-state index contributed by atoms with van der Waals surface area (Å²) >= 11 is 0. The number of amides is 3. The molecule has 2 aliphatic heterocycles. The van der Waals surface area contributed by atoms with Crippen molar-refractivity contribution < 1.29 is 28.7 Å². The van der Waals surface area contributed by atoms with Crippen LogP contribution in [0, 0.1) is 0 Å². The number of nitrogens with zero attached hydrogens (tertiary/aromatic N) is 2. The minimum atomic E-state index is -0.758. The quantitative estimate of drug-likeness (QED) is 0.185. The molecule has 2 aliphatic rings. The van der Waals surface area contributed by atoms with E-state index in [9.17, 15) is 24.0 Å². The molecule has 0 aliphatic carbocycles. The van der Waals surface area contributed by atoms with Crippen LogP contribution in [0.2, 0.25) is 0 Å². The van der Waals surface area contributed by atoms with Crippen LogP contribution in [-0.2, 0) is 35.1 Å². The first kappa shape index (κ1) is 35.6. The number of hydrogen-bond donors (Lipinski definition) is 2. The smallest absolute Gasteiger partial charge is 0.307 e. The number of H-pyrrole nitrogens is 1. The molecule has 0 radical (unpaired) electrons. The van der Waals surface area contributed by atoms with Crippen molar-refractivity contribution in [2.75, 3.05) is 18.4 Å². The SMILES string of the molecule is CC(=O)N1CCC[C@H]1C(=O)Cc1ccc2[nH]c(-c3ccc(NC(=O)[C@@H]4CCCN4C(=O)[C@H](CC(=O)OC(C)(C)C)c4ccccc4)cc3)cc2c1. The van der Waals surface area contributed by atoms with Gasteiger partial charge in [0.1, 0.15) is 11.6 Å². The minimum absolute atomic E-state index is 0.0538. The van der Waals surface area contributed by atoms with Crippen molar-refractivity contribution in [3.05, 3.63) is 90.0 Å². The van der Waals surface area contributed by atoms with Crippen LogP contribution in [0.25, 0.3) is 22.2 Å². The number of likely N-dealkylation sites (tertiary alicyclic amines) is 2. The van der Waals surface area contributed by atoms with Gasteiger partial charge in [0, 0.05) is 48.7 Å². The molecule has 3 heterocycles. The first-order valence-electron chi connectivity index (χ1n) is 17.8. The Hall–Kier alpha value is -5.25. The van der Waals surface area contributed by atoms with Gasteiger partial charge in [0.2, 0.25) is 17.7 Å². The third-order valence-electron chi connectivity index (χ3n) is 9.69. The van der Waals surface area contributed by atoms with Crippen molar-refractivity contribution in [3.63, 3.8) is 0 Å². The zero-order valence-electron chi connectivity index (χ0n) is 29.7. The second kappa shape index (κ2) is 14.9. The molecular formula is C41H46N4O6. The molecule has 0 bridgehead atoms. The van der Waals surface area contributed by atoms with Gasteiger partial charge in [-0.25, -0.2) is 0 Å². The van der Waals surface area contributed by atoms with Crippen LogP contribution in [0.15, 0.2) is 78.9 Å². The molecule has 3 aromatic carbocycles. The predicted molar refractivity (Wildman–Crippen MR) is 196 cm³/mol. The van der Waals surface area contributed by atoms with Crippen LogP contribution >= 0.6 is 0 Å². The molecule has 266 valence electrons. The number of esters is 1. The van der Waals surface area contributed by atoms with Gasteiger partial charge in [-0.1, -0.05) is 48.5 Å². The van der Waals surface area contributed by atoms with Crippen LogP contribution in [0.4, 0.5) is 5.69 Å². The number of aromatic amines is 1. The molecule has 2 N–H and O–H groups in total. The van der Waals surface area contributed by atoms with Crippen LogP contribution in [0.1, 0.15) is 76.8 Å². The standard InChI is InChI=1S/C41H46N4O6/c1-26(46)44-20-8-12-35(44)37(47)23-27-14-19-33-30(22-27)24-34(43-33)29-15-17-31(18-16-29)42-39(49)36-13-9-21-45(36)40(50)32(28-10-6-5-7-11-28)25-38(48)51-41(2,3)4/h5-7,10-11,14-19,22,24,32,35-36,43H,8-9,12-13,20-21,23,25H2,1-4H3,(H,42,49)/t32-,35+,36+/m1/s1. The number of hydrogen-bond acceptors (Lipinski definition) is 6. The summed E-state index contributed by atoms with van der Waals surface area (Å²) < 4.78 is 5.55. The van der Waals surface area contributed by atoms with Crippen molar-refractivity contribution in [2.45, 2.75) is 89.8 Å². The van der Waals surface area contributed by atoms with Gasteiger partial charge in [-0.05, 0) is 93.5 Å². The Morgan fingerprint density at radius 3 is 2.24 bits per heavy atom. The summed E-state index contributed by atoms with van der Waals surface area (Å²) in [6, 6.07) is 23.7. The molecule has 3 atom stereocenters. The molecule has 51 heavy (non-hydrogen) atoms. The molecule has 1 aromatic heterocycles. The van der Waals surface area contributed by atoms with E-state index in [2.05, 4.69) is 10.3 Å². The lowest BCUT2D eigenvalue weighted by atomic mass is 9.93. The largest absolute Gasteiger partial charge is 0.460 e. The maximum absolute atomic E-state index is 14.0. The molecule has 2 fully saturated rings. The van der Waals surface area contributed by atoms with Gasteiger partial charge in [-0.2, -0.15) is 0 Å². The van der Waals surface area contributed by atoms with Crippen molar-refractivity contribution in [1.29, 1.82) is 0 Å². The second-order valence-electron chi connectivity index (χ2n) is 14.6. The molecule has 4 aromatic rings. The van der Waals surface area contributed by atoms with E-state index in [1.54, 1.807) is 30.6 Å². The van der Waals surface area contributed by atoms with E-state index in [-0.39, 0.29) is 42.4 Å². The number of anilines is 1. The van der Waals surface area contributed by atoms with E-state index in [1.807, 2.05) is 78.9 Å². The molecule has 0 saturated carbocycles. The number of aromatic nitrogens is 1. The zero-order valence-corrected chi connectivity index (χ0v) is 29.7. The molecule has 6 rings (SSSR count). The first-order valence-corrected chi connectivity index (χ1v) is 17.8. The monoisotopic (exact) mass is 690 g/mol. The van der Waals surface area contributed by atoms with Gasteiger partial charge in [0.25, 0.3) is 0 Å². The number of fused-ring (bicyclic) bond motifs is 1. The van der Waals surface area contributed by atoms with Crippen molar-refractivity contribution in [1.82, 2.24) is 14.8 Å². The summed E-state index contributed by atoms with van der Waals surface area (Å²) in [5, 5.41) is 3.97. The summed E-state index contributed by atoms with van der Waals surface area (Å²) in [7, 11) is 0. The van der Waals surface area contributed by atoms with Gasteiger partial charge in [0.15, 0.2) is 5.78 Å². The molecule has 10 heteroatoms. The molecular weight excluding hydrogens is 644 g/mol. The number of ketones is 1. The van der Waals surface area contributed by atoms with Crippen molar-refractivity contribution in [3.8, 4) is 11.3 Å². The van der Waals surface area contributed by atoms with Gasteiger partial charge >= 0.3 is 5.97 Å². The van der Waals surface area contributed by atoms with Gasteiger partial charge in [-0.15, -0.1) is 0 Å². The van der Waals surface area contributed by atoms with E-state index >= 15 is 0 Å². The van der Waals surface area contributed by atoms with E-state index in [0.29, 0.717) is 43.6 Å². The Labute approximate surface area is 298 Å². The number of nitrogens with one attached hydrogen (secondary N) is 2. The summed E-state index contributed by atoms with van der Waals surface area (Å²) in [6.07, 6.45) is 2.95. The zero-order chi connectivity index (χ0) is 36.3. The summed E-state index contributed by atoms with van der Waals surface area (Å²) in [5.41, 5.74) is 4.32. The third-order valence-corrected chi connectivity index (χ3v) is 9.69. The van der Waals surface area contributed by atoms with Crippen LogP contribution in [0.5, 0.6) is 0 Å². The Kier molecular flexibility index (Phi) is 10.4. The molecule has 3 amide bonds. The number of ether oxygens (including phenoxy) is 1. The highest BCUT2D eigenvalue weighted by atomic mass is 16.6. The Bertz CT molecular complexity index is 1930. The number of benzene rings is 3. The lowest BCUT2D eigenvalue weighted by Gasteiger charge is -2.29. The van der Waals surface area contributed by atoms with Crippen molar-refractivity contribution >= 4 is 46.1 Å². The highest BCUT2D eigenvalue weighted by Gasteiger charge is 2.39. The molecule has 0 spiro atoms. The highest BCUT2D eigenvalue weighted by molar-refractivity contribution is 5.99. The first-order chi connectivity index (χ1) is 24.4. The van der Waals surface area contributed by atoms with Crippen LogP contribution in [0.3, 0.4) is 0 Å². The number of Topliss-reactive ketones (excluding diaryl/α,β-unsaturated/α-hetero) is 1. The number of carbonyl (C=O) groups is 5. The van der Waals surface area contributed by atoms with Gasteiger partial charge < -0.3 is 24.8 Å². The van der Waals surface area contributed by atoms with E-state index in [1.165, 1.54) is 6.92 Å². The van der Waals surface area contributed by atoms with E-state index in [4.69, 9.17) is 4.74 Å². The maximum Gasteiger partial charge on any atom is 0.307 e. The predicted octanol–water partition coefficient (Wildman–Crippen LogP) is 6.40. The minimum Gasteiger partial charge on any atom is -0.460 e. The highest BCUT2D eigenvalue weighted by Crippen LogP contribution is 2.31. The maximum atomic E-state index is 14.0. The average Bonchev–Trinajstić information content (AvgIpc) is 3.87. The van der Waals surface area contributed by atoms with E-state index < -0.39 is 23.5 Å². The lowest BCUT2D eigenvalue weighted by molar-refractivity contribution is -0.157. The fourth-order valence-corrected chi connectivity index (χ4v) is 7.29. The average molecular weight is 691 g/mol. The molecule has 0 unspecified atom stereocenters. The second-order valence-corrected chi connectivity index (χ2v) is 14.6. The van der Waals surface area contributed by atoms with E-state index in [0.717, 1.165) is 34.1 Å². The topological polar surface area (TPSA) is 129 Å². The summed E-state index contributed by atoms with van der Waals surface area (Å²) in [6.45, 7) is 7.97. The number of rotatable bonds is 10. The Morgan fingerprint density at radius 1 is 0.863 bits per heavy atom. The molecule has 10 nitrogen and oxygen atoms in total. The molecule has 2 saturated heterocycles. The van der Waals surface area contributed by atoms with Crippen molar-refractivity contribution in [2.24, 2.45) is 0 Å². The van der Waals surface area contributed by atoms with Gasteiger partial charge in [-0.3, -0.25) is 24.0 Å². The lowest BCUT2D eigenvalue weighted by Crippen LogP contribution is -2.45. The van der Waals surface area contributed by atoms with Crippen LogP contribution < -0.4 is 5.32 Å². The van der Waals surface area contributed by atoms with Gasteiger partial charge in [0.05, 0.1) is 18.4 Å². The van der Waals surface area contributed by atoms with Crippen LogP contribution in [-0.4, -0.2) is 75.0 Å². The number of carbonyl (C=O) groups excluding carboxylic acids is 5. The summed E-state index contributed by atoms with van der Waals surface area (Å²) in [4.78, 5) is 72.1. The summed E-state index contributed by atoms with van der Waals surface area (Å²) in [5.74, 6) is -1.74.